The first-order valence-electron chi connectivity index (χ1n) is 8.23. The molecule has 148 valence electrons. The molecule has 0 aliphatic heterocycles. The molecule has 0 spiro atoms. The molecule has 3 N–H and O–H groups in total. The minimum atomic E-state index is -4.00. The number of anilines is 1. The molecule has 0 unspecified atom stereocenters. The zero-order chi connectivity index (χ0) is 21.0. The standard InChI is InChI=1S/C20H15NO6S2/c22-19(23)13-9-11-14(12-10-13)21-29(26,27)18-8-4-3-7-17(18)28-16-6-2-1-5-15(16)20(24)25/h1-12,21H,(H,22,23)(H,24,25). The Kier molecular flexibility index (Phi) is 5.90. The third-order valence-electron chi connectivity index (χ3n) is 3.86. The van der Waals surface area contributed by atoms with Crippen molar-refractivity contribution in [2.75, 3.05) is 4.72 Å². The van der Waals surface area contributed by atoms with Crippen LogP contribution in [0, 0.1) is 0 Å². The zero-order valence-electron chi connectivity index (χ0n) is 14.8. The van der Waals surface area contributed by atoms with Crippen molar-refractivity contribution in [3.05, 3.63) is 83.9 Å². The van der Waals surface area contributed by atoms with Gasteiger partial charge in [0.2, 0.25) is 0 Å². The first kappa shape index (κ1) is 20.4. The van der Waals surface area contributed by atoms with Crippen molar-refractivity contribution in [3.8, 4) is 0 Å². The number of rotatable bonds is 7. The first-order chi connectivity index (χ1) is 13.8. The molecule has 3 aromatic carbocycles. The van der Waals surface area contributed by atoms with Crippen LogP contribution in [0.1, 0.15) is 20.7 Å². The van der Waals surface area contributed by atoms with E-state index in [4.69, 9.17) is 5.11 Å². The maximum Gasteiger partial charge on any atom is 0.336 e. The number of carboxylic acids is 2. The fraction of sp³-hybridized carbons (Fsp3) is 0. The van der Waals surface area contributed by atoms with Crippen molar-refractivity contribution in [3.63, 3.8) is 0 Å². The SMILES string of the molecule is O=C(O)c1ccc(NS(=O)(=O)c2ccccc2Sc2ccccc2C(=O)O)cc1. The van der Waals surface area contributed by atoms with Gasteiger partial charge in [0, 0.05) is 15.5 Å². The number of sulfonamides is 1. The molecule has 0 aromatic heterocycles. The molecule has 29 heavy (non-hydrogen) atoms. The monoisotopic (exact) mass is 429 g/mol. The summed E-state index contributed by atoms with van der Waals surface area (Å²) in [5.41, 5.74) is 0.317. The summed E-state index contributed by atoms with van der Waals surface area (Å²) in [6, 6.07) is 17.9. The Hall–Kier alpha value is -3.30. The Morgan fingerprint density at radius 2 is 1.34 bits per heavy atom. The van der Waals surface area contributed by atoms with Crippen LogP contribution < -0.4 is 4.72 Å². The first-order valence-corrected chi connectivity index (χ1v) is 10.5. The minimum absolute atomic E-state index is 0.0208. The summed E-state index contributed by atoms with van der Waals surface area (Å²) in [5.74, 6) is -2.22. The third kappa shape index (κ3) is 4.76. The van der Waals surface area contributed by atoms with Crippen LogP contribution in [0.3, 0.4) is 0 Å². The van der Waals surface area contributed by atoms with Gasteiger partial charge in [0.1, 0.15) is 4.90 Å². The van der Waals surface area contributed by atoms with E-state index in [0.717, 1.165) is 11.8 Å². The van der Waals surface area contributed by atoms with Crippen LogP contribution in [-0.4, -0.2) is 30.6 Å². The average Bonchev–Trinajstić information content (AvgIpc) is 2.68. The molecule has 3 rings (SSSR count). The van der Waals surface area contributed by atoms with Crippen molar-refractivity contribution >= 4 is 39.4 Å². The van der Waals surface area contributed by atoms with Crippen LogP contribution in [0.15, 0.2) is 87.5 Å². The summed E-state index contributed by atoms with van der Waals surface area (Å²) in [7, 11) is -4.00. The van der Waals surface area contributed by atoms with E-state index < -0.39 is 22.0 Å². The van der Waals surface area contributed by atoms with E-state index in [2.05, 4.69) is 4.72 Å². The van der Waals surface area contributed by atoms with Crippen LogP contribution >= 0.6 is 11.8 Å². The topological polar surface area (TPSA) is 121 Å². The number of aromatic carboxylic acids is 2. The van der Waals surface area contributed by atoms with Gasteiger partial charge in [0.05, 0.1) is 11.1 Å². The van der Waals surface area contributed by atoms with Crippen LogP contribution in [0.25, 0.3) is 0 Å². The van der Waals surface area contributed by atoms with Crippen molar-refractivity contribution < 1.29 is 28.2 Å². The van der Waals surface area contributed by atoms with Gasteiger partial charge in [-0.2, -0.15) is 0 Å². The van der Waals surface area contributed by atoms with Gasteiger partial charge in [0.25, 0.3) is 10.0 Å². The van der Waals surface area contributed by atoms with E-state index >= 15 is 0 Å². The lowest BCUT2D eigenvalue weighted by Gasteiger charge is -2.13. The van der Waals surface area contributed by atoms with Gasteiger partial charge < -0.3 is 10.2 Å². The predicted octanol–water partition coefficient (Wildman–Crippen LogP) is 4.04. The largest absolute Gasteiger partial charge is 0.478 e. The summed E-state index contributed by atoms with van der Waals surface area (Å²) in [6.07, 6.45) is 0. The summed E-state index contributed by atoms with van der Waals surface area (Å²) < 4.78 is 28.2. The molecule has 3 aromatic rings. The minimum Gasteiger partial charge on any atom is -0.478 e. The van der Waals surface area contributed by atoms with E-state index in [0.29, 0.717) is 9.79 Å². The van der Waals surface area contributed by atoms with Crippen LogP contribution in [-0.2, 0) is 10.0 Å². The molecule has 0 heterocycles. The van der Waals surface area contributed by atoms with Crippen LogP contribution in [0.5, 0.6) is 0 Å². The number of hydrogen-bond acceptors (Lipinski definition) is 5. The average molecular weight is 429 g/mol. The molecule has 7 nitrogen and oxygen atoms in total. The van der Waals surface area contributed by atoms with Gasteiger partial charge in [-0.05, 0) is 48.5 Å². The molecular formula is C20H15NO6S2. The fourth-order valence-corrected chi connectivity index (χ4v) is 5.06. The van der Waals surface area contributed by atoms with Crippen LogP contribution in [0.2, 0.25) is 0 Å². The van der Waals surface area contributed by atoms with Crippen molar-refractivity contribution in [1.29, 1.82) is 0 Å². The second kappa shape index (κ2) is 8.38. The predicted molar refractivity (Wildman–Crippen MR) is 108 cm³/mol. The highest BCUT2D eigenvalue weighted by molar-refractivity contribution is 8.00. The molecule has 0 atom stereocenters. The van der Waals surface area contributed by atoms with E-state index in [1.807, 2.05) is 0 Å². The highest BCUT2D eigenvalue weighted by atomic mass is 32.2. The lowest BCUT2D eigenvalue weighted by molar-refractivity contribution is 0.0684. The van der Waals surface area contributed by atoms with Gasteiger partial charge >= 0.3 is 11.9 Å². The summed E-state index contributed by atoms with van der Waals surface area (Å²) in [6.45, 7) is 0. The van der Waals surface area contributed by atoms with Gasteiger partial charge in [0.15, 0.2) is 0 Å². The maximum atomic E-state index is 12.9. The number of hydrogen-bond donors (Lipinski definition) is 3. The molecule has 0 saturated heterocycles. The van der Waals surface area contributed by atoms with Crippen molar-refractivity contribution in [1.82, 2.24) is 0 Å². The molecule has 0 fully saturated rings. The zero-order valence-corrected chi connectivity index (χ0v) is 16.4. The Bertz CT molecular complexity index is 1170. The third-order valence-corrected chi connectivity index (χ3v) is 6.58. The molecule has 0 aliphatic rings. The Balaban J connectivity index is 1.93. The second-order valence-corrected chi connectivity index (χ2v) is 8.57. The number of carbonyl (C=O) groups is 2. The maximum absolute atomic E-state index is 12.9. The van der Waals surface area contributed by atoms with Gasteiger partial charge in [-0.3, -0.25) is 4.72 Å². The van der Waals surface area contributed by atoms with E-state index in [1.165, 1.54) is 36.4 Å². The molecular weight excluding hydrogens is 414 g/mol. The van der Waals surface area contributed by atoms with Crippen molar-refractivity contribution in [2.24, 2.45) is 0 Å². The summed E-state index contributed by atoms with van der Waals surface area (Å²) in [5, 5.41) is 18.3. The Labute approximate surface area is 171 Å². The smallest absolute Gasteiger partial charge is 0.336 e. The van der Waals surface area contributed by atoms with E-state index in [1.54, 1.807) is 36.4 Å². The number of nitrogens with one attached hydrogen (secondary N) is 1. The van der Waals surface area contributed by atoms with Gasteiger partial charge in [-0.25, -0.2) is 18.0 Å². The van der Waals surface area contributed by atoms with Gasteiger partial charge in [-0.1, -0.05) is 36.0 Å². The summed E-state index contributed by atoms with van der Waals surface area (Å²) >= 11 is 1.04. The van der Waals surface area contributed by atoms with E-state index in [9.17, 15) is 23.1 Å². The fourth-order valence-electron chi connectivity index (χ4n) is 2.50. The molecule has 0 saturated carbocycles. The molecule has 0 radical (unpaired) electrons. The Morgan fingerprint density at radius 1 is 0.759 bits per heavy atom. The quantitative estimate of drug-likeness (QED) is 0.518. The molecule has 0 bridgehead atoms. The van der Waals surface area contributed by atoms with Crippen molar-refractivity contribution in [2.45, 2.75) is 14.7 Å². The van der Waals surface area contributed by atoms with Gasteiger partial charge in [-0.15, -0.1) is 0 Å². The lowest BCUT2D eigenvalue weighted by Crippen LogP contribution is -2.14. The normalized spacial score (nSPS) is 11.0. The number of benzene rings is 3. The lowest BCUT2D eigenvalue weighted by atomic mass is 10.2. The molecule has 9 heteroatoms. The Morgan fingerprint density at radius 3 is 1.97 bits per heavy atom. The highest BCUT2D eigenvalue weighted by Gasteiger charge is 2.21. The molecule has 0 amide bonds. The highest BCUT2D eigenvalue weighted by Crippen LogP contribution is 2.35. The van der Waals surface area contributed by atoms with E-state index in [-0.39, 0.29) is 21.7 Å². The summed E-state index contributed by atoms with van der Waals surface area (Å²) in [4.78, 5) is 23.1. The second-order valence-electron chi connectivity index (χ2n) is 5.84. The van der Waals surface area contributed by atoms with Crippen LogP contribution in [0.4, 0.5) is 5.69 Å². The number of carboxylic acid groups (broad SMARTS) is 2. The molecule has 0 aliphatic carbocycles.